The second-order valence-corrected chi connectivity index (χ2v) is 8.88. The maximum atomic E-state index is 13.3. The molecule has 172 valence electrons. The average molecular weight is 470 g/mol. The van der Waals surface area contributed by atoms with Gasteiger partial charge in [-0.3, -0.25) is 4.79 Å². The number of rotatable bonds is 4. The molecule has 1 fully saturated rings. The number of aromatic nitrogens is 2. The van der Waals surface area contributed by atoms with Crippen LogP contribution < -0.4 is 10.9 Å². The van der Waals surface area contributed by atoms with E-state index in [1.807, 2.05) is 6.07 Å². The highest BCUT2D eigenvalue weighted by molar-refractivity contribution is 5.89. The van der Waals surface area contributed by atoms with Crippen LogP contribution in [0.1, 0.15) is 48.4 Å². The van der Waals surface area contributed by atoms with E-state index in [0.29, 0.717) is 41.6 Å². The van der Waals surface area contributed by atoms with E-state index < -0.39 is 11.6 Å². The van der Waals surface area contributed by atoms with Crippen LogP contribution in [0, 0.1) is 0 Å². The minimum atomic E-state index is -1.84. The minimum absolute atomic E-state index is 0. The molecule has 0 unspecified atom stereocenters. The zero-order chi connectivity index (χ0) is 22.2. The van der Waals surface area contributed by atoms with E-state index in [9.17, 15) is 19.8 Å². The fourth-order valence-electron chi connectivity index (χ4n) is 4.82. The predicted octanol–water partition coefficient (Wildman–Crippen LogP) is 2.46. The van der Waals surface area contributed by atoms with E-state index in [1.165, 1.54) is 0 Å². The molecule has 6 rings (SSSR count). The Morgan fingerprint density at radius 1 is 1.27 bits per heavy atom. The summed E-state index contributed by atoms with van der Waals surface area (Å²) in [5, 5.41) is 25.7. The molecular formula is C24H24ClN3O5. The summed E-state index contributed by atoms with van der Waals surface area (Å²) in [6.45, 7) is 2.43. The van der Waals surface area contributed by atoms with Crippen molar-refractivity contribution in [3.8, 4) is 17.1 Å². The topological polar surface area (TPSA) is 114 Å². The Bertz CT molecular complexity index is 1380. The number of nitrogens with zero attached hydrogens (tertiary/aromatic N) is 2. The van der Waals surface area contributed by atoms with Gasteiger partial charge in [0.15, 0.2) is 5.60 Å². The Hall–Kier alpha value is -2.94. The van der Waals surface area contributed by atoms with Crippen LogP contribution in [0.3, 0.4) is 0 Å². The Labute approximate surface area is 195 Å². The normalized spacial score (nSPS) is 20.6. The first-order valence-corrected chi connectivity index (χ1v) is 11.0. The molecule has 0 amide bonds. The van der Waals surface area contributed by atoms with E-state index in [0.717, 1.165) is 34.9 Å². The lowest BCUT2D eigenvalue weighted by Crippen LogP contribution is -2.44. The summed E-state index contributed by atoms with van der Waals surface area (Å²) in [6, 6.07) is 7.61. The second-order valence-electron chi connectivity index (χ2n) is 8.88. The van der Waals surface area contributed by atoms with Gasteiger partial charge in [-0.15, -0.1) is 12.4 Å². The van der Waals surface area contributed by atoms with Gasteiger partial charge < -0.3 is 24.8 Å². The summed E-state index contributed by atoms with van der Waals surface area (Å²) in [6.07, 6.45) is 2.41. The Morgan fingerprint density at radius 2 is 2.06 bits per heavy atom. The van der Waals surface area contributed by atoms with E-state index in [1.54, 1.807) is 29.7 Å². The number of nitrogens with one attached hydrogen (secondary N) is 1. The van der Waals surface area contributed by atoms with Crippen molar-refractivity contribution in [1.82, 2.24) is 14.9 Å². The number of esters is 1. The number of hydrogen-bond donors (Lipinski definition) is 3. The molecule has 0 bridgehead atoms. The lowest BCUT2D eigenvalue weighted by atomic mass is 9.86. The first kappa shape index (κ1) is 21.9. The number of pyridine rings is 2. The summed E-state index contributed by atoms with van der Waals surface area (Å²) in [7, 11) is 0. The van der Waals surface area contributed by atoms with Crippen LogP contribution in [0.25, 0.3) is 22.3 Å². The van der Waals surface area contributed by atoms with Crippen molar-refractivity contribution in [3.63, 3.8) is 0 Å². The number of benzene rings is 1. The number of fused-ring (bicyclic) bond motifs is 5. The lowest BCUT2D eigenvalue weighted by Gasteiger charge is -2.31. The van der Waals surface area contributed by atoms with Gasteiger partial charge in [0.05, 0.1) is 29.0 Å². The number of phenols is 1. The molecule has 1 aromatic carbocycles. The molecule has 2 aromatic heterocycles. The van der Waals surface area contributed by atoms with Gasteiger partial charge >= 0.3 is 5.97 Å². The van der Waals surface area contributed by atoms with Gasteiger partial charge in [0.25, 0.3) is 5.56 Å². The number of hydrogen-bond acceptors (Lipinski definition) is 7. The number of carbonyl (C=O) groups is 1. The van der Waals surface area contributed by atoms with E-state index in [-0.39, 0.29) is 36.7 Å². The van der Waals surface area contributed by atoms with Gasteiger partial charge in [0.1, 0.15) is 12.4 Å². The molecule has 1 aliphatic carbocycles. The molecule has 9 heteroatoms. The van der Waals surface area contributed by atoms with Crippen molar-refractivity contribution in [3.05, 3.63) is 56.9 Å². The zero-order valence-corrected chi connectivity index (χ0v) is 18.9. The van der Waals surface area contributed by atoms with Gasteiger partial charge in [0, 0.05) is 34.7 Å². The largest absolute Gasteiger partial charge is 0.508 e. The van der Waals surface area contributed by atoms with Crippen LogP contribution in [0.5, 0.6) is 5.75 Å². The first-order chi connectivity index (χ1) is 15.4. The number of aliphatic hydroxyl groups is 1. The smallest absolute Gasteiger partial charge is 0.343 e. The zero-order valence-electron chi connectivity index (χ0n) is 18.1. The Balaban J connectivity index is 0.00000228. The SMILES string of the molecule is CC[C@@]1(O)C(=O)OCc2c1cc1n(c2=O)Cc2cc3c(CNC4CC4)c(O)ccc3nc2-1.Cl. The monoisotopic (exact) mass is 469 g/mol. The van der Waals surface area contributed by atoms with Gasteiger partial charge in [-0.05, 0) is 43.5 Å². The second kappa shape index (κ2) is 7.55. The third-order valence-electron chi connectivity index (χ3n) is 6.92. The van der Waals surface area contributed by atoms with Crippen LogP contribution in [0.4, 0.5) is 0 Å². The molecule has 1 atom stereocenters. The summed E-state index contributed by atoms with van der Waals surface area (Å²) in [5.74, 6) is -0.510. The maximum absolute atomic E-state index is 13.3. The number of ether oxygens (including phenoxy) is 1. The Kier molecular flexibility index (Phi) is 5.00. The highest BCUT2D eigenvalue weighted by Gasteiger charge is 2.45. The van der Waals surface area contributed by atoms with Crippen molar-refractivity contribution in [2.24, 2.45) is 0 Å². The number of aromatic hydroxyl groups is 1. The fourth-order valence-corrected chi connectivity index (χ4v) is 4.82. The van der Waals surface area contributed by atoms with Crippen LogP contribution >= 0.6 is 12.4 Å². The van der Waals surface area contributed by atoms with Crippen LogP contribution in [-0.2, 0) is 34.8 Å². The van der Waals surface area contributed by atoms with Gasteiger partial charge in [-0.25, -0.2) is 9.78 Å². The molecule has 0 saturated heterocycles. The van der Waals surface area contributed by atoms with Crippen molar-refractivity contribution in [2.75, 3.05) is 0 Å². The third-order valence-corrected chi connectivity index (χ3v) is 6.92. The molecule has 3 aliphatic rings. The van der Waals surface area contributed by atoms with Gasteiger partial charge in [-0.1, -0.05) is 6.92 Å². The number of cyclic esters (lactones) is 1. The highest BCUT2D eigenvalue weighted by atomic mass is 35.5. The number of carbonyl (C=O) groups excluding carboxylic acids is 1. The van der Waals surface area contributed by atoms with E-state index >= 15 is 0 Å². The maximum Gasteiger partial charge on any atom is 0.343 e. The summed E-state index contributed by atoms with van der Waals surface area (Å²) in [4.78, 5) is 30.4. The minimum Gasteiger partial charge on any atom is -0.508 e. The molecule has 3 aromatic rings. The predicted molar refractivity (Wildman–Crippen MR) is 123 cm³/mol. The van der Waals surface area contributed by atoms with Crippen molar-refractivity contribution >= 4 is 29.3 Å². The van der Waals surface area contributed by atoms with Crippen LogP contribution in [0.2, 0.25) is 0 Å². The van der Waals surface area contributed by atoms with E-state index in [2.05, 4.69) is 5.32 Å². The molecule has 8 nitrogen and oxygen atoms in total. The Morgan fingerprint density at radius 3 is 2.79 bits per heavy atom. The molecule has 0 radical (unpaired) electrons. The average Bonchev–Trinajstić information content (AvgIpc) is 3.55. The number of halogens is 1. The van der Waals surface area contributed by atoms with Crippen molar-refractivity contribution in [1.29, 1.82) is 0 Å². The van der Waals surface area contributed by atoms with Crippen LogP contribution in [-0.4, -0.2) is 31.8 Å². The third kappa shape index (κ3) is 3.16. The van der Waals surface area contributed by atoms with Gasteiger partial charge in [-0.2, -0.15) is 0 Å². The first-order valence-electron chi connectivity index (χ1n) is 11.0. The fraction of sp³-hybridized carbons (Fsp3) is 0.375. The molecule has 33 heavy (non-hydrogen) atoms. The molecule has 0 spiro atoms. The van der Waals surface area contributed by atoms with E-state index in [4.69, 9.17) is 9.72 Å². The lowest BCUT2D eigenvalue weighted by molar-refractivity contribution is -0.172. The molecule has 2 aliphatic heterocycles. The summed E-state index contributed by atoms with van der Waals surface area (Å²) >= 11 is 0. The molecular weight excluding hydrogens is 446 g/mol. The quantitative estimate of drug-likeness (QED) is 0.393. The number of phenolic OH excluding ortho intramolecular Hbond substituents is 1. The molecule has 4 heterocycles. The standard InChI is InChI=1S/C24H23N3O5.ClH/c1-2-24(31)17-8-19-21-12(10-27(19)22(29)16(17)11-32-23(24)30)7-14-15(9-25-13-3-4-13)20(28)6-5-18(14)26-21;/h5-8,13,25,28,31H,2-4,9-11H2,1H3;1H/t24-;/m0./s1. The highest BCUT2D eigenvalue weighted by Crippen LogP contribution is 2.39. The molecule has 1 saturated carbocycles. The molecule has 3 N–H and O–H groups in total. The van der Waals surface area contributed by atoms with Gasteiger partial charge in [0.2, 0.25) is 0 Å². The van der Waals surface area contributed by atoms with Crippen molar-refractivity contribution in [2.45, 2.75) is 57.5 Å². The summed E-state index contributed by atoms with van der Waals surface area (Å²) in [5.41, 5.74) is 2.11. The summed E-state index contributed by atoms with van der Waals surface area (Å²) < 4.78 is 6.74. The van der Waals surface area contributed by atoms with Crippen LogP contribution in [0.15, 0.2) is 29.1 Å². The van der Waals surface area contributed by atoms with Crippen molar-refractivity contribution < 1.29 is 19.7 Å².